The minimum atomic E-state index is 0. The van der Waals surface area contributed by atoms with E-state index in [4.69, 9.17) is 0 Å². The van der Waals surface area contributed by atoms with Crippen LogP contribution >= 0.6 is 0 Å². The summed E-state index contributed by atoms with van der Waals surface area (Å²) in [6.07, 6.45) is 0. The highest BCUT2D eigenvalue weighted by Gasteiger charge is 2.03. The molecule has 19 heavy (non-hydrogen) atoms. The van der Waals surface area contributed by atoms with Crippen molar-refractivity contribution < 1.29 is 0 Å². The number of fused-ring (bicyclic) bond motifs is 5. The maximum absolute atomic E-state index is 2.24. The van der Waals surface area contributed by atoms with E-state index in [-0.39, 0.29) is 23.1 Å². The van der Waals surface area contributed by atoms with Gasteiger partial charge in [-0.15, -0.1) is 0 Å². The van der Waals surface area contributed by atoms with Crippen molar-refractivity contribution in [3.63, 3.8) is 0 Å². The maximum Gasteiger partial charge on any atom is 0 e. The normalized spacial score (nSPS) is 10.7. The molecule has 0 aliphatic heterocycles. The Morgan fingerprint density at radius 2 is 0.789 bits per heavy atom. The van der Waals surface area contributed by atoms with E-state index in [0.29, 0.717) is 0 Å². The first-order valence-corrected chi connectivity index (χ1v) is 6.23. The van der Waals surface area contributed by atoms with Crippen molar-refractivity contribution in [3.05, 3.63) is 72.8 Å². The molecule has 0 amide bonds. The van der Waals surface area contributed by atoms with Crippen molar-refractivity contribution >= 4 is 55.4 Å². The molecule has 0 atom stereocenters. The van der Waals surface area contributed by atoms with Crippen LogP contribution < -0.4 is 0 Å². The fraction of sp³-hybridized carbons (Fsp3) is 0. The summed E-state index contributed by atoms with van der Waals surface area (Å²) < 4.78 is 0. The molecule has 0 fully saturated rings. The minimum absolute atomic E-state index is 0. The highest BCUT2D eigenvalue weighted by molar-refractivity contribution is 6.17. The Bertz CT molecular complexity index is 803. The molecule has 0 saturated heterocycles. The minimum Gasteiger partial charge on any atom is -0.0616 e. The maximum atomic E-state index is 2.24. The van der Waals surface area contributed by atoms with Gasteiger partial charge in [0.05, 0.1) is 0 Å². The summed E-state index contributed by atoms with van der Waals surface area (Å²) in [7, 11) is 0. The lowest BCUT2D eigenvalue weighted by Crippen LogP contribution is -1.79. The van der Waals surface area contributed by atoms with Crippen molar-refractivity contribution in [2.24, 2.45) is 0 Å². The summed E-state index contributed by atoms with van der Waals surface area (Å²) in [5, 5.41) is 7.96. The molecule has 4 aromatic carbocycles. The summed E-state index contributed by atoms with van der Waals surface area (Å²) >= 11 is 0. The monoisotopic (exact) mass is 252 g/mol. The van der Waals surface area contributed by atoms with Crippen LogP contribution in [0.25, 0.3) is 32.3 Å². The van der Waals surface area contributed by atoms with Gasteiger partial charge in [-0.3, -0.25) is 0 Å². The fourth-order valence-electron chi connectivity index (χ4n) is 2.77. The molecule has 0 nitrogen and oxygen atoms in total. The first kappa shape index (κ1) is 12.5. The summed E-state index contributed by atoms with van der Waals surface area (Å²) in [6.45, 7) is 0. The third kappa shape index (κ3) is 1.90. The summed E-state index contributed by atoms with van der Waals surface area (Å²) in [5.74, 6) is 0. The van der Waals surface area contributed by atoms with Crippen molar-refractivity contribution in [1.29, 1.82) is 0 Å². The SMILES string of the molecule is [Mg].c1ccc2c(c1)ccc1c3ccccc3ccc21. The van der Waals surface area contributed by atoms with Crippen LogP contribution in [0, 0.1) is 0 Å². The molecule has 0 aliphatic carbocycles. The second-order valence-corrected chi connectivity index (χ2v) is 4.67. The standard InChI is InChI=1S/C18H12.Mg/c1-3-7-15-13(5-1)9-11-18-16-8-4-2-6-14(16)10-12-17(15)18;/h1-12H;. The number of hydrogen-bond donors (Lipinski definition) is 0. The van der Waals surface area contributed by atoms with Crippen LogP contribution in [-0.4, -0.2) is 23.1 Å². The second kappa shape index (κ2) is 4.84. The molecule has 0 unspecified atom stereocenters. The Balaban J connectivity index is 0.00000110. The number of rotatable bonds is 0. The Morgan fingerprint density at radius 3 is 1.26 bits per heavy atom. The van der Waals surface area contributed by atoms with Gasteiger partial charge in [-0.25, -0.2) is 0 Å². The Morgan fingerprint density at radius 1 is 0.368 bits per heavy atom. The molecular formula is C18H12Mg. The van der Waals surface area contributed by atoms with Crippen molar-refractivity contribution in [1.82, 2.24) is 0 Å². The van der Waals surface area contributed by atoms with E-state index in [0.717, 1.165) is 0 Å². The van der Waals surface area contributed by atoms with Crippen molar-refractivity contribution in [3.8, 4) is 0 Å². The van der Waals surface area contributed by atoms with E-state index in [1.165, 1.54) is 32.3 Å². The van der Waals surface area contributed by atoms with E-state index in [1.54, 1.807) is 0 Å². The summed E-state index contributed by atoms with van der Waals surface area (Å²) in [6, 6.07) is 26.0. The molecule has 0 bridgehead atoms. The molecule has 0 heterocycles. The molecule has 86 valence electrons. The zero-order valence-corrected chi connectivity index (χ0v) is 12.0. The molecule has 0 aliphatic rings. The first-order chi connectivity index (χ1) is 8.93. The number of benzene rings is 4. The smallest absolute Gasteiger partial charge is 0 e. The van der Waals surface area contributed by atoms with Gasteiger partial charge in [0.25, 0.3) is 0 Å². The van der Waals surface area contributed by atoms with E-state index in [1.807, 2.05) is 0 Å². The lowest BCUT2D eigenvalue weighted by molar-refractivity contribution is 1.77. The Kier molecular flexibility index (Phi) is 3.17. The van der Waals surface area contributed by atoms with Gasteiger partial charge >= 0.3 is 0 Å². The average molecular weight is 253 g/mol. The zero-order chi connectivity index (χ0) is 11.9. The first-order valence-electron chi connectivity index (χ1n) is 6.23. The quantitative estimate of drug-likeness (QED) is 0.312. The van der Waals surface area contributed by atoms with Crippen LogP contribution in [0.4, 0.5) is 0 Å². The zero-order valence-electron chi connectivity index (χ0n) is 10.6. The van der Waals surface area contributed by atoms with Crippen molar-refractivity contribution in [2.45, 2.75) is 0 Å². The second-order valence-electron chi connectivity index (χ2n) is 4.67. The molecular weight excluding hydrogens is 241 g/mol. The van der Waals surface area contributed by atoms with Gasteiger partial charge in [0.1, 0.15) is 0 Å². The van der Waals surface area contributed by atoms with E-state index in [2.05, 4.69) is 72.8 Å². The largest absolute Gasteiger partial charge is 0.0616 e. The predicted molar refractivity (Wildman–Crippen MR) is 84.7 cm³/mol. The highest BCUT2D eigenvalue weighted by Crippen LogP contribution is 2.30. The molecule has 4 rings (SSSR count). The number of hydrogen-bond acceptors (Lipinski definition) is 0. The fourth-order valence-corrected chi connectivity index (χ4v) is 2.77. The van der Waals surface area contributed by atoms with Crippen LogP contribution in [0.1, 0.15) is 0 Å². The van der Waals surface area contributed by atoms with Gasteiger partial charge in [-0.2, -0.15) is 0 Å². The lowest BCUT2D eigenvalue weighted by atomic mass is 9.97. The van der Waals surface area contributed by atoms with Gasteiger partial charge in [0.2, 0.25) is 0 Å². The van der Waals surface area contributed by atoms with Crippen LogP contribution in [-0.2, 0) is 0 Å². The van der Waals surface area contributed by atoms with Crippen LogP contribution in [0.2, 0.25) is 0 Å². The lowest BCUT2D eigenvalue weighted by Gasteiger charge is -2.07. The molecule has 2 radical (unpaired) electrons. The topological polar surface area (TPSA) is 0 Å². The van der Waals surface area contributed by atoms with Gasteiger partial charge in [0, 0.05) is 23.1 Å². The predicted octanol–water partition coefficient (Wildman–Crippen LogP) is 4.77. The molecule has 0 aromatic heterocycles. The molecule has 1 heteroatoms. The highest BCUT2D eigenvalue weighted by atomic mass is 24.3. The van der Waals surface area contributed by atoms with Gasteiger partial charge < -0.3 is 0 Å². The van der Waals surface area contributed by atoms with E-state index < -0.39 is 0 Å². The van der Waals surface area contributed by atoms with E-state index in [9.17, 15) is 0 Å². The molecule has 0 spiro atoms. The molecule has 4 aromatic rings. The van der Waals surface area contributed by atoms with Crippen LogP contribution in [0.15, 0.2) is 72.8 Å². The van der Waals surface area contributed by atoms with Crippen molar-refractivity contribution in [2.75, 3.05) is 0 Å². The summed E-state index contributed by atoms with van der Waals surface area (Å²) in [5.41, 5.74) is 0. The third-order valence-corrected chi connectivity index (χ3v) is 3.65. The van der Waals surface area contributed by atoms with Gasteiger partial charge in [0.15, 0.2) is 0 Å². The molecule has 0 N–H and O–H groups in total. The van der Waals surface area contributed by atoms with Crippen LogP contribution in [0.3, 0.4) is 0 Å². The molecule has 0 saturated carbocycles. The van der Waals surface area contributed by atoms with Gasteiger partial charge in [-0.1, -0.05) is 72.8 Å². The summed E-state index contributed by atoms with van der Waals surface area (Å²) in [4.78, 5) is 0. The Labute approximate surface area is 128 Å². The van der Waals surface area contributed by atoms with E-state index >= 15 is 0 Å². The van der Waals surface area contributed by atoms with Gasteiger partial charge in [-0.05, 0) is 32.3 Å². The Hall–Kier alpha value is -1.57. The third-order valence-electron chi connectivity index (χ3n) is 3.65. The van der Waals surface area contributed by atoms with Crippen LogP contribution in [0.5, 0.6) is 0 Å². The average Bonchev–Trinajstić information content (AvgIpc) is 2.46.